The molecule has 0 aliphatic carbocycles. The Morgan fingerprint density at radius 2 is 1.85 bits per heavy atom. The van der Waals surface area contributed by atoms with Crippen molar-refractivity contribution in [3.8, 4) is 0 Å². The molecule has 1 aromatic carbocycles. The fourth-order valence-electron chi connectivity index (χ4n) is 3.13. The molecule has 1 unspecified atom stereocenters. The maximum Gasteiger partial charge on any atom is 0.241 e. The van der Waals surface area contributed by atoms with Gasteiger partial charge >= 0.3 is 0 Å². The predicted molar refractivity (Wildman–Crippen MR) is 110 cm³/mol. The number of hydrogen-bond donors (Lipinski definition) is 1. The lowest BCUT2D eigenvalue weighted by Crippen LogP contribution is -2.53. The zero-order valence-electron chi connectivity index (χ0n) is 15.3. The third-order valence-electron chi connectivity index (χ3n) is 4.91. The van der Waals surface area contributed by atoms with Crippen molar-refractivity contribution in [1.29, 1.82) is 0 Å². The van der Waals surface area contributed by atoms with Gasteiger partial charge in [0.25, 0.3) is 0 Å². The molecule has 2 heterocycles. The van der Waals surface area contributed by atoms with Gasteiger partial charge in [-0.25, -0.2) is 4.98 Å². The van der Waals surface area contributed by atoms with E-state index in [1.54, 1.807) is 0 Å². The number of nitrogens with zero attached hydrogens (tertiary/aromatic N) is 3. The second-order valence-corrected chi connectivity index (χ2v) is 7.49. The average Bonchev–Trinajstić information content (AvgIpc) is 2.69. The average molecular weight is 417 g/mol. The lowest BCUT2D eigenvalue weighted by atomic mass is 10.1. The minimum atomic E-state index is -0.152. The van der Waals surface area contributed by atoms with Crippen LogP contribution in [0.3, 0.4) is 0 Å². The fraction of sp³-hybridized carbons (Fsp3) is 0.400. The van der Waals surface area contributed by atoms with E-state index in [-0.39, 0.29) is 11.9 Å². The maximum atomic E-state index is 12.6. The second-order valence-electron chi connectivity index (χ2n) is 6.57. The van der Waals surface area contributed by atoms with Crippen molar-refractivity contribution in [3.05, 3.63) is 52.6 Å². The number of piperazine rings is 1. The first-order valence-corrected chi connectivity index (χ1v) is 9.86. The van der Waals surface area contributed by atoms with Crippen LogP contribution in [0, 0.1) is 0 Å². The third-order valence-corrected chi connectivity index (χ3v) is 5.38. The van der Waals surface area contributed by atoms with E-state index < -0.39 is 0 Å². The molecule has 1 amide bonds. The van der Waals surface area contributed by atoms with Crippen molar-refractivity contribution in [2.75, 3.05) is 36.4 Å². The number of amides is 1. The van der Waals surface area contributed by atoms with E-state index in [1.165, 1.54) is 5.56 Å². The maximum absolute atomic E-state index is 12.6. The quantitative estimate of drug-likeness (QED) is 0.809. The topological polar surface area (TPSA) is 48.5 Å². The van der Waals surface area contributed by atoms with Crippen molar-refractivity contribution in [2.24, 2.45) is 0 Å². The molecule has 3 rings (SSSR count). The number of rotatable bonds is 5. The first-order chi connectivity index (χ1) is 12.6. The van der Waals surface area contributed by atoms with Crippen LogP contribution in [0.25, 0.3) is 0 Å². The molecule has 0 radical (unpaired) electrons. The number of carbonyl (C=O) groups excluding carboxylic acids is 1. The Bertz CT molecular complexity index is 724. The van der Waals surface area contributed by atoms with Crippen LogP contribution in [-0.4, -0.2) is 48.0 Å². The molecule has 1 aliphatic heterocycles. The van der Waals surface area contributed by atoms with Crippen molar-refractivity contribution in [2.45, 2.75) is 26.3 Å². The summed E-state index contributed by atoms with van der Waals surface area (Å²) in [5, 5.41) is 3.03. The first-order valence-electron chi connectivity index (χ1n) is 9.07. The molecule has 1 fully saturated rings. The first kappa shape index (κ1) is 18.9. The van der Waals surface area contributed by atoms with Gasteiger partial charge in [-0.15, -0.1) is 0 Å². The molecule has 26 heavy (non-hydrogen) atoms. The number of aromatic nitrogens is 1. The molecule has 0 spiro atoms. The Balaban J connectivity index is 1.52. The van der Waals surface area contributed by atoms with Crippen LogP contribution in [0.2, 0.25) is 0 Å². The van der Waals surface area contributed by atoms with Crippen LogP contribution in [0.4, 0.5) is 11.5 Å². The highest BCUT2D eigenvalue weighted by Gasteiger charge is 2.26. The van der Waals surface area contributed by atoms with Gasteiger partial charge in [0, 0.05) is 42.5 Å². The van der Waals surface area contributed by atoms with Crippen molar-refractivity contribution < 1.29 is 4.79 Å². The molecule has 0 saturated carbocycles. The van der Waals surface area contributed by atoms with E-state index in [0.717, 1.165) is 48.6 Å². The highest BCUT2D eigenvalue weighted by molar-refractivity contribution is 9.10. The van der Waals surface area contributed by atoms with Crippen LogP contribution < -0.4 is 10.2 Å². The molecule has 1 atom stereocenters. The molecular weight excluding hydrogens is 392 g/mol. The predicted octanol–water partition coefficient (Wildman–Crippen LogP) is 3.56. The largest absolute Gasteiger partial charge is 0.354 e. The van der Waals surface area contributed by atoms with Gasteiger partial charge in [0.15, 0.2) is 0 Å². The number of pyridine rings is 1. The van der Waals surface area contributed by atoms with E-state index in [2.05, 4.69) is 55.1 Å². The van der Waals surface area contributed by atoms with Crippen molar-refractivity contribution in [3.63, 3.8) is 0 Å². The summed E-state index contributed by atoms with van der Waals surface area (Å²) in [4.78, 5) is 21.5. The Kier molecular flexibility index (Phi) is 6.27. The summed E-state index contributed by atoms with van der Waals surface area (Å²) in [5.41, 5.74) is 2.13. The number of anilines is 2. The lowest BCUT2D eigenvalue weighted by Gasteiger charge is -2.38. The molecule has 1 N–H and O–H groups in total. The van der Waals surface area contributed by atoms with E-state index in [4.69, 9.17) is 0 Å². The number of aryl methyl sites for hydroxylation is 1. The fourth-order valence-corrected chi connectivity index (χ4v) is 3.36. The van der Waals surface area contributed by atoms with Gasteiger partial charge in [0.05, 0.1) is 6.04 Å². The monoisotopic (exact) mass is 416 g/mol. The number of benzene rings is 1. The summed E-state index contributed by atoms with van der Waals surface area (Å²) in [7, 11) is 0. The van der Waals surface area contributed by atoms with E-state index >= 15 is 0 Å². The van der Waals surface area contributed by atoms with Gasteiger partial charge in [0.1, 0.15) is 5.82 Å². The van der Waals surface area contributed by atoms with Gasteiger partial charge in [-0.1, -0.05) is 19.1 Å². The Hall–Kier alpha value is -1.92. The second kappa shape index (κ2) is 8.64. The van der Waals surface area contributed by atoms with Crippen molar-refractivity contribution in [1.82, 2.24) is 9.88 Å². The molecule has 138 valence electrons. The highest BCUT2D eigenvalue weighted by Crippen LogP contribution is 2.18. The van der Waals surface area contributed by atoms with Gasteiger partial charge in [-0.2, -0.15) is 0 Å². The minimum absolute atomic E-state index is 0.0458. The highest BCUT2D eigenvalue weighted by atomic mass is 79.9. The molecule has 2 aromatic rings. The van der Waals surface area contributed by atoms with E-state index in [0.29, 0.717) is 0 Å². The summed E-state index contributed by atoms with van der Waals surface area (Å²) in [6.07, 6.45) is 2.82. The van der Waals surface area contributed by atoms with E-state index in [9.17, 15) is 4.79 Å². The zero-order chi connectivity index (χ0) is 18.5. The molecular formula is C20H25BrN4O. The summed E-state index contributed by atoms with van der Waals surface area (Å²) in [6.45, 7) is 7.54. The van der Waals surface area contributed by atoms with Crippen LogP contribution in [0.15, 0.2) is 47.1 Å². The Morgan fingerprint density at radius 1 is 1.15 bits per heavy atom. The van der Waals surface area contributed by atoms with Gasteiger partial charge < -0.3 is 10.2 Å². The Labute approximate surface area is 163 Å². The van der Waals surface area contributed by atoms with Crippen LogP contribution >= 0.6 is 15.9 Å². The SMILES string of the molecule is CCc1ccc(NC(=O)C(C)N2CCN(c3ccc(Br)cn3)CC2)cc1. The van der Waals surface area contributed by atoms with Gasteiger partial charge in [-0.3, -0.25) is 9.69 Å². The minimum Gasteiger partial charge on any atom is -0.354 e. The molecule has 1 aromatic heterocycles. The van der Waals surface area contributed by atoms with Crippen LogP contribution in [0.5, 0.6) is 0 Å². The van der Waals surface area contributed by atoms with Crippen LogP contribution in [0.1, 0.15) is 19.4 Å². The number of halogens is 1. The molecule has 0 bridgehead atoms. The standard InChI is InChI=1S/C20H25BrN4O/c1-3-16-4-7-18(8-5-16)23-20(26)15(2)24-10-12-25(13-11-24)19-9-6-17(21)14-22-19/h4-9,14-15H,3,10-13H2,1-2H3,(H,23,26). The van der Waals surface area contributed by atoms with E-state index in [1.807, 2.05) is 37.4 Å². The van der Waals surface area contributed by atoms with Crippen molar-refractivity contribution >= 4 is 33.3 Å². The summed E-state index contributed by atoms with van der Waals surface area (Å²) in [6, 6.07) is 11.9. The van der Waals surface area contributed by atoms with Gasteiger partial charge in [-0.05, 0) is 59.1 Å². The number of hydrogen-bond acceptors (Lipinski definition) is 4. The molecule has 6 heteroatoms. The molecule has 1 saturated heterocycles. The molecule has 5 nitrogen and oxygen atoms in total. The summed E-state index contributed by atoms with van der Waals surface area (Å²) < 4.78 is 0.983. The summed E-state index contributed by atoms with van der Waals surface area (Å²) in [5.74, 6) is 1.03. The number of nitrogens with one attached hydrogen (secondary N) is 1. The normalized spacial score (nSPS) is 16.3. The third kappa shape index (κ3) is 4.62. The zero-order valence-corrected chi connectivity index (χ0v) is 16.9. The smallest absolute Gasteiger partial charge is 0.241 e. The molecule has 1 aliphatic rings. The summed E-state index contributed by atoms with van der Waals surface area (Å²) >= 11 is 3.42. The van der Waals surface area contributed by atoms with Gasteiger partial charge in [0.2, 0.25) is 5.91 Å². The van der Waals surface area contributed by atoms with Crippen LogP contribution in [-0.2, 0) is 11.2 Å². The number of carbonyl (C=O) groups is 1. The Morgan fingerprint density at radius 3 is 2.42 bits per heavy atom. The lowest BCUT2D eigenvalue weighted by molar-refractivity contribution is -0.120.